The molecule has 13 nitrogen and oxygen atoms in total. The summed E-state index contributed by atoms with van der Waals surface area (Å²) in [6.45, 7) is 3.56. The van der Waals surface area contributed by atoms with Gasteiger partial charge in [0.25, 0.3) is 0 Å². The number of carbonyl (C=O) groups excluding carboxylic acids is 3. The van der Waals surface area contributed by atoms with Crippen LogP contribution in [0.5, 0.6) is 0 Å². The smallest absolute Gasteiger partial charge is 0.326 e. The molecule has 0 rings (SSSR count). The van der Waals surface area contributed by atoms with Crippen LogP contribution in [0.4, 0.5) is 0 Å². The van der Waals surface area contributed by atoms with Crippen molar-refractivity contribution < 1.29 is 44.4 Å². The van der Waals surface area contributed by atoms with E-state index < -0.39 is 78.9 Å². The number of aliphatic hydroxyl groups excluding tert-OH is 2. The van der Waals surface area contributed by atoms with Crippen LogP contribution in [0.3, 0.4) is 0 Å². The van der Waals surface area contributed by atoms with Crippen molar-refractivity contribution in [2.75, 3.05) is 6.61 Å². The van der Waals surface area contributed by atoms with Crippen LogP contribution in [0.1, 0.15) is 33.6 Å². The van der Waals surface area contributed by atoms with E-state index in [1.807, 2.05) is 0 Å². The second-order valence-electron chi connectivity index (χ2n) is 7.07. The van der Waals surface area contributed by atoms with Gasteiger partial charge in [-0.1, -0.05) is 13.8 Å². The average molecular weight is 434 g/mol. The lowest BCUT2D eigenvalue weighted by Crippen LogP contribution is -2.60. The molecule has 3 amide bonds. The van der Waals surface area contributed by atoms with E-state index in [0.717, 1.165) is 0 Å². The van der Waals surface area contributed by atoms with Gasteiger partial charge >= 0.3 is 11.9 Å². The molecule has 0 spiro atoms. The number of carboxylic acid groups (broad SMARTS) is 2. The molecule has 0 saturated heterocycles. The maximum atomic E-state index is 12.5. The number of carboxylic acids is 2. The van der Waals surface area contributed by atoms with Crippen LogP contribution >= 0.6 is 0 Å². The summed E-state index contributed by atoms with van der Waals surface area (Å²) in [7, 11) is 0. The fourth-order valence-corrected chi connectivity index (χ4v) is 2.26. The van der Waals surface area contributed by atoms with E-state index >= 15 is 0 Å². The summed E-state index contributed by atoms with van der Waals surface area (Å²) in [5.74, 6) is -5.90. The van der Waals surface area contributed by atoms with Gasteiger partial charge in [0.2, 0.25) is 17.7 Å². The lowest BCUT2D eigenvalue weighted by molar-refractivity contribution is -0.143. The zero-order valence-corrected chi connectivity index (χ0v) is 17.0. The number of aliphatic hydroxyl groups is 2. The van der Waals surface area contributed by atoms with Gasteiger partial charge in [-0.25, -0.2) is 4.79 Å². The lowest BCUT2D eigenvalue weighted by Gasteiger charge is -2.26. The third-order valence-corrected chi connectivity index (χ3v) is 4.15. The number of rotatable bonds is 13. The average Bonchev–Trinajstić information content (AvgIpc) is 2.65. The monoisotopic (exact) mass is 434 g/mol. The van der Waals surface area contributed by atoms with E-state index in [2.05, 4.69) is 16.0 Å². The van der Waals surface area contributed by atoms with Gasteiger partial charge in [-0.3, -0.25) is 19.2 Å². The highest BCUT2D eigenvalue weighted by Crippen LogP contribution is 2.06. The Labute approximate surface area is 173 Å². The first-order valence-corrected chi connectivity index (χ1v) is 9.22. The molecule has 0 aromatic rings. The van der Waals surface area contributed by atoms with Crippen molar-refractivity contribution in [1.82, 2.24) is 16.0 Å². The molecule has 0 bridgehead atoms. The molecule has 0 saturated carbocycles. The van der Waals surface area contributed by atoms with E-state index in [1.54, 1.807) is 13.8 Å². The number of nitrogens with one attached hydrogen (secondary N) is 3. The topological polar surface area (TPSA) is 228 Å². The first-order chi connectivity index (χ1) is 13.8. The molecule has 5 unspecified atom stereocenters. The minimum Gasteiger partial charge on any atom is -0.481 e. The molecule has 5 atom stereocenters. The van der Waals surface area contributed by atoms with Crippen molar-refractivity contribution in [3.8, 4) is 0 Å². The van der Waals surface area contributed by atoms with E-state index in [9.17, 15) is 34.2 Å². The zero-order chi connectivity index (χ0) is 23.6. The predicted octanol–water partition coefficient (Wildman–Crippen LogP) is -3.25. The Bertz CT molecular complexity index is 639. The van der Waals surface area contributed by atoms with E-state index in [0.29, 0.717) is 0 Å². The second-order valence-corrected chi connectivity index (χ2v) is 7.07. The molecular formula is C17H30N4O9. The number of carbonyl (C=O) groups is 5. The Kier molecular flexibility index (Phi) is 11.5. The van der Waals surface area contributed by atoms with Crippen LogP contribution in [0.2, 0.25) is 0 Å². The van der Waals surface area contributed by atoms with Crippen LogP contribution in [0.15, 0.2) is 0 Å². The van der Waals surface area contributed by atoms with Crippen LogP contribution in [0.25, 0.3) is 0 Å². The Hall–Kier alpha value is -2.77. The van der Waals surface area contributed by atoms with Crippen LogP contribution in [-0.2, 0) is 24.0 Å². The fourth-order valence-electron chi connectivity index (χ4n) is 2.26. The maximum Gasteiger partial charge on any atom is 0.326 e. The summed E-state index contributed by atoms with van der Waals surface area (Å²) in [6, 6.07) is -5.54. The van der Waals surface area contributed by atoms with Crippen molar-refractivity contribution in [2.45, 2.75) is 63.9 Å². The molecule has 0 aliphatic carbocycles. The molecule has 0 fully saturated rings. The van der Waals surface area contributed by atoms with Crippen molar-refractivity contribution in [3.05, 3.63) is 0 Å². The van der Waals surface area contributed by atoms with Crippen LogP contribution in [0, 0.1) is 5.92 Å². The molecule has 13 heteroatoms. The van der Waals surface area contributed by atoms with Gasteiger partial charge in [-0.2, -0.15) is 0 Å². The highest BCUT2D eigenvalue weighted by atomic mass is 16.4. The molecule has 0 heterocycles. The highest BCUT2D eigenvalue weighted by Gasteiger charge is 2.32. The number of hydrogen-bond acceptors (Lipinski definition) is 8. The van der Waals surface area contributed by atoms with Gasteiger partial charge in [0, 0.05) is 6.42 Å². The van der Waals surface area contributed by atoms with Crippen LogP contribution < -0.4 is 21.7 Å². The SMILES string of the molecule is CC(C)C(NC(=O)C(CO)NC(=O)C(N)C(C)O)C(=O)NC(CCC(=O)O)C(=O)O. The summed E-state index contributed by atoms with van der Waals surface area (Å²) >= 11 is 0. The minimum atomic E-state index is -1.48. The Morgan fingerprint density at radius 1 is 0.867 bits per heavy atom. The van der Waals surface area contributed by atoms with Gasteiger partial charge in [-0.15, -0.1) is 0 Å². The first kappa shape index (κ1) is 27.2. The number of hydrogen-bond donors (Lipinski definition) is 8. The standard InChI is InChI=1S/C17H30N4O9/c1-7(2)13(16(28)19-9(17(29)30)4-5-11(24)25)21-14(26)10(6-22)20-15(27)12(18)8(3)23/h7-10,12-13,22-23H,4-6,18H2,1-3H3,(H,19,28)(H,20,27)(H,21,26)(H,24,25)(H,29,30). The van der Waals surface area contributed by atoms with Gasteiger partial charge < -0.3 is 42.1 Å². The molecule has 0 aromatic heterocycles. The lowest BCUT2D eigenvalue weighted by atomic mass is 10.0. The van der Waals surface area contributed by atoms with Crippen LogP contribution in [-0.4, -0.2) is 87.0 Å². The Balaban J connectivity index is 5.20. The summed E-state index contributed by atoms with van der Waals surface area (Å²) < 4.78 is 0. The quantitative estimate of drug-likeness (QED) is 0.144. The zero-order valence-electron chi connectivity index (χ0n) is 17.0. The summed E-state index contributed by atoms with van der Waals surface area (Å²) in [5.41, 5.74) is 5.46. The van der Waals surface area contributed by atoms with Crippen molar-refractivity contribution in [1.29, 1.82) is 0 Å². The molecule has 30 heavy (non-hydrogen) atoms. The van der Waals surface area contributed by atoms with Crippen molar-refractivity contribution >= 4 is 29.7 Å². The van der Waals surface area contributed by atoms with E-state index in [4.69, 9.17) is 15.9 Å². The molecule has 0 radical (unpaired) electrons. The number of aliphatic carboxylic acids is 2. The summed E-state index contributed by atoms with van der Waals surface area (Å²) in [4.78, 5) is 58.6. The van der Waals surface area contributed by atoms with E-state index in [1.165, 1.54) is 6.92 Å². The van der Waals surface area contributed by atoms with Crippen molar-refractivity contribution in [2.24, 2.45) is 11.7 Å². The maximum absolute atomic E-state index is 12.5. The number of nitrogens with two attached hydrogens (primary N) is 1. The molecule has 172 valence electrons. The van der Waals surface area contributed by atoms with Gasteiger partial charge in [-0.05, 0) is 19.3 Å². The Morgan fingerprint density at radius 2 is 1.40 bits per heavy atom. The Morgan fingerprint density at radius 3 is 1.80 bits per heavy atom. The fraction of sp³-hybridized carbons (Fsp3) is 0.706. The predicted molar refractivity (Wildman–Crippen MR) is 102 cm³/mol. The number of amides is 3. The summed E-state index contributed by atoms with van der Waals surface area (Å²) in [5, 5.41) is 43.2. The molecular weight excluding hydrogens is 404 g/mol. The molecule has 9 N–H and O–H groups in total. The molecule has 0 aromatic carbocycles. The third-order valence-electron chi connectivity index (χ3n) is 4.15. The van der Waals surface area contributed by atoms with Gasteiger partial charge in [0.15, 0.2) is 0 Å². The molecule has 0 aliphatic rings. The highest BCUT2D eigenvalue weighted by molar-refractivity contribution is 5.94. The van der Waals surface area contributed by atoms with Gasteiger partial charge in [0.1, 0.15) is 24.2 Å². The summed E-state index contributed by atoms with van der Waals surface area (Å²) in [6.07, 6.45) is -2.06. The third kappa shape index (κ3) is 9.15. The largest absolute Gasteiger partial charge is 0.481 e. The first-order valence-electron chi connectivity index (χ1n) is 9.22. The van der Waals surface area contributed by atoms with Crippen molar-refractivity contribution in [3.63, 3.8) is 0 Å². The normalized spacial score (nSPS) is 16.0. The van der Waals surface area contributed by atoms with E-state index in [-0.39, 0.29) is 6.42 Å². The minimum absolute atomic E-state index is 0.359. The van der Waals surface area contributed by atoms with Gasteiger partial charge in [0.05, 0.1) is 12.7 Å². The molecule has 0 aliphatic heterocycles. The second kappa shape index (κ2) is 12.7.